The number of nitrogens with zero attached hydrogens (tertiary/aromatic N) is 1. The second kappa shape index (κ2) is 5.72. The van der Waals surface area contributed by atoms with Crippen molar-refractivity contribution >= 4 is 5.69 Å². The number of hydrogen-bond donors (Lipinski definition) is 1. The van der Waals surface area contributed by atoms with Crippen LogP contribution in [0.4, 0.5) is 10.1 Å². The Morgan fingerprint density at radius 1 is 1.20 bits per heavy atom. The van der Waals surface area contributed by atoms with Crippen molar-refractivity contribution in [2.45, 2.75) is 57.5 Å². The minimum absolute atomic E-state index is 0.158. The summed E-state index contributed by atoms with van der Waals surface area (Å²) in [6.07, 6.45) is 7.86. The summed E-state index contributed by atoms with van der Waals surface area (Å²) in [7, 11) is 0. The molecule has 110 valence electrons. The Bertz CT molecular complexity index is 466. The quantitative estimate of drug-likeness (QED) is 0.904. The van der Waals surface area contributed by atoms with Crippen LogP contribution in [0, 0.1) is 11.7 Å². The van der Waals surface area contributed by atoms with E-state index in [-0.39, 0.29) is 11.9 Å². The van der Waals surface area contributed by atoms with E-state index in [0.29, 0.717) is 11.6 Å². The van der Waals surface area contributed by atoms with Crippen LogP contribution in [-0.4, -0.2) is 12.6 Å². The van der Waals surface area contributed by atoms with Gasteiger partial charge in [-0.2, -0.15) is 0 Å². The molecule has 2 nitrogen and oxygen atoms in total. The lowest BCUT2D eigenvalue weighted by atomic mass is 9.94. The highest BCUT2D eigenvalue weighted by Crippen LogP contribution is 2.40. The van der Waals surface area contributed by atoms with E-state index >= 15 is 0 Å². The van der Waals surface area contributed by atoms with Gasteiger partial charge in [0, 0.05) is 29.9 Å². The molecule has 1 saturated carbocycles. The van der Waals surface area contributed by atoms with E-state index in [1.807, 2.05) is 13.0 Å². The molecule has 2 N–H and O–H groups in total. The molecule has 0 amide bonds. The Hall–Kier alpha value is -1.09. The first-order valence-corrected chi connectivity index (χ1v) is 7.99. The molecule has 0 aromatic heterocycles. The summed E-state index contributed by atoms with van der Waals surface area (Å²) in [4.78, 5) is 2.44. The van der Waals surface area contributed by atoms with Gasteiger partial charge in [-0.3, -0.25) is 0 Å². The lowest BCUT2D eigenvalue weighted by Gasteiger charge is -2.33. The van der Waals surface area contributed by atoms with E-state index in [9.17, 15) is 4.39 Å². The predicted molar refractivity (Wildman–Crippen MR) is 81.3 cm³/mol. The standard InChI is InChI=1S/C17H25FN2/c1-12(19)17-14(18)8-4-9-16(17)20-11-5-10-15(20)13-6-2-3-7-13/h4,8-9,12-13,15H,2-3,5-7,10-11,19H2,1H3. The zero-order valence-corrected chi connectivity index (χ0v) is 12.3. The van der Waals surface area contributed by atoms with Crippen LogP contribution in [-0.2, 0) is 0 Å². The summed E-state index contributed by atoms with van der Waals surface area (Å²) in [6.45, 7) is 2.92. The van der Waals surface area contributed by atoms with Crippen molar-refractivity contribution in [3.63, 3.8) is 0 Å². The fourth-order valence-corrected chi connectivity index (χ4v) is 4.15. The van der Waals surface area contributed by atoms with Crippen molar-refractivity contribution in [2.75, 3.05) is 11.4 Å². The molecular formula is C17H25FN2. The maximum absolute atomic E-state index is 14.2. The Labute approximate surface area is 121 Å². The molecule has 3 rings (SSSR count). The summed E-state index contributed by atoms with van der Waals surface area (Å²) < 4.78 is 14.2. The molecule has 2 unspecified atom stereocenters. The Morgan fingerprint density at radius 2 is 1.95 bits per heavy atom. The average molecular weight is 276 g/mol. The van der Waals surface area contributed by atoms with Crippen molar-refractivity contribution < 1.29 is 4.39 Å². The van der Waals surface area contributed by atoms with Crippen LogP contribution in [0.5, 0.6) is 0 Å². The molecule has 1 aliphatic carbocycles. The number of benzene rings is 1. The molecule has 0 radical (unpaired) electrons. The van der Waals surface area contributed by atoms with Crippen LogP contribution >= 0.6 is 0 Å². The normalized spacial score (nSPS) is 25.4. The molecule has 1 heterocycles. The fourth-order valence-electron chi connectivity index (χ4n) is 4.15. The van der Waals surface area contributed by atoms with E-state index < -0.39 is 0 Å². The summed E-state index contributed by atoms with van der Waals surface area (Å²) in [5.41, 5.74) is 7.74. The van der Waals surface area contributed by atoms with Crippen LogP contribution in [0.25, 0.3) is 0 Å². The van der Waals surface area contributed by atoms with E-state index in [1.54, 1.807) is 0 Å². The Morgan fingerprint density at radius 3 is 2.65 bits per heavy atom. The SMILES string of the molecule is CC(N)c1c(F)cccc1N1CCCC1C1CCCC1. The Balaban J connectivity index is 1.93. The third-order valence-electron chi connectivity index (χ3n) is 5.04. The van der Waals surface area contributed by atoms with Crippen LogP contribution in [0.1, 0.15) is 57.1 Å². The first-order chi connectivity index (χ1) is 9.68. The van der Waals surface area contributed by atoms with Crippen LogP contribution in [0.15, 0.2) is 18.2 Å². The van der Waals surface area contributed by atoms with Crippen LogP contribution in [0.3, 0.4) is 0 Å². The lowest BCUT2D eigenvalue weighted by molar-refractivity contribution is 0.429. The molecule has 20 heavy (non-hydrogen) atoms. The van der Waals surface area contributed by atoms with Gasteiger partial charge in [0.1, 0.15) is 5.82 Å². The molecule has 1 aromatic carbocycles. The Kier molecular flexibility index (Phi) is 3.97. The van der Waals surface area contributed by atoms with Gasteiger partial charge in [-0.05, 0) is 50.7 Å². The summed E-state index contributed by atoms with van der Waals surface area (Å²) in [6, 6.07) is 5.74. The highest BCUT2D eigenvalue weighted by molar-refractivity contribution is 5.57. The molecule has 2 aliphatic rings. The van der Waals surface area contributed by atoms with Gasteiger partial charge in [-0.1, -0.05) is 18.9 Å². The molecule has 0 bridgehead atoms. The topological polar surface area (TPSA) is 29.3 Å². The van der Waals surface area contributed by atoms with Gasteiger partial charge in [0.25, 0.3) is 0 Å². The van der Waals surface area contributed by atoms with E-state index in [0.717, 1.165) is 18.2 Å². The van der Waals surface area contributed by atoms with Gasteiger partial charge in [-0.15, -0.1) is 0 Å². The average Bonchev–Trinajstić information content (AvgIpc) is 3.08. The summed E-state index contributed by atoms with van der Waals surface area (Å²) in [5.74, 6) is 0.635. The third kappa shape index (κ3) is 2.44. The van der Waals surface area contributed by atoms with Gasteiger partial charge >= 0.3 is 0 Å². The highest BCUT2D eigenvalue weighted by Gasteiger charge is 2.34. The predicted octanol–water partition coefficient (Wildman–Crippen LogP) is 4.00. The first kappa shape index (κ1) is 13.9. The smallest absolute Gasteiger partial charge is 0.130 e. The molecule has 1 aromatic rings. The van der Waals surface area contributed by atoms with Crippen molar-refractivity contribution in [1.82, 2.24) is 0 Å². The van der Waals surface area contributed by atoms with Crippen molar-refractivity contribution in [2.24, 2.45) is 11.7 Å². The van der Waals surface area contributed by atoms with Gasteiger partial charge in [0.15, 0.2) is 0 Å². The van der Waals surface area contributed by atoms with Gasteiger partial charge in [-0.25, -0.2) is 4.39 Å². The largest absolute Gasteiger partial charge is 0.368 e. The number of rotatable bonds is 3. The highest BCUT2D eigenvalue weighted by atomic mass is 19.1. The van der Waals surface area contributed by atoms with Gasteiger partial charge < -0.3 is 10.6 Å². The van der Waals surface area contributed by atoms with Crippen molar-refractivity contribution in [3.8, 4) is 0 Å². The van der Waals surface area contributed by atoms with Crippen LogP contribution in [0.2, 0.25) is 0 Å². The lowest BCUT2D eigenvalue weighted by Crippen LogP contribution is -2.35. The van der Waals surface area contributed by atoms with Crippen molar-refractivity contribution in [3.05, 3.63) is 29.6 Å². The zero-order chi connectivity index (χ0) is 14.1. The molecule has 3 heteroatoms. The monoisotopic (exact) mass is 276 g/mol. The second-order valence-electron chi connectivity index (χ2n) is 6.41. The maximum atomic E-state index is 14.2. The van der Waals surface area contributed by atoms with E-state index in [1.165, 1.54) is 44.6 Å². The van der Waals surface area contributed by atoms with Crippen LogP contribution < -0.4 is 10.6 Å². The summed E-state index contributed by atoms with van der Waals surface area (Å²) >= 11 is 0. The molecule has 2 fully saturated rings. The molecular weight excluding hydrogens is 251 g/mol. The van der Waals surface area contributed by atoms with E-state index in [2.05, 4.69) is 11.0 Å². The minimum atomic E-state index is -0.254. The maximum Gasteiger partial charge on any atom is 0.130 e. The third-order valence-corrected chi connectivity index (χ3v) is 5.04. The molecule has 1 aliphatic heterocycles. The first-order valence-electron chi connectivity index (χ1n) is 7.99. The minimum Gasteiger partial charge on any atom is -0.368 e. The van der Waals surface area contributed by atoms with Gasteiger partial charge in [0.2, 0.25) is 0 Å². The number of halogens is 1. The molecule has 2 atom stereocenters. The molecule has 0 spiro atoms. The van der Waals surface area contributed by atoms with E-state index in [4.69, 9.17) is 5.73 Å². The zero-order valence-electron chi connectivity index (χ0n) is 12.3. The fraction of sp³-hybridized carbons (Fsp3) is 0.647. The number of anilines is 1. The second-order valence-corrected chi connectivity index (χ2v) is 6.41. The van der Waals surface area contributed by atoms with Crippen molar-refractivity contribution in [1.29, 1.82) is 0 Å². The number of hydrogen-bond acceptors (Lipinski definition) is 2. The van der Waals surface area contributed by atoms with Gasteiger partial charge in [0.05, 0.1) is 0 Å². The molecule has 1 saturated heterocycles. The number of nitrogens with two attached hydrogens (primary N) is 1. The summed E-state index contributed by atoms with van der Waals surface area (Å²) in [5, 5.41) is 0.